The van der Waals surface area contributed by atoms with Crippen LogP contribution in [-0.2, 0) is 19.1 Å². The van der Waals surface area contributed by atoms with Crippen molar-refractivity contribution >= 4 is 17.5 Å². The first-order valence-electron chi connectivity index (χ1n) is 11.7. The van der Waals surface area contributed by atoms with Crippen LogP contribution in [-0.4, -0.2) is 24.1 Å². The molecule has 0 aromatic rings. The number of carbonyl (C=O) groups is 3. The number of hydrogen-bond donors (Lipinski definition) is 0. The Morgan fingerprint density at radius 1 is 1.19 bits per heavy atom. The highest BCUT2D eigenvalue weighted by Crippen LogP contribution is 2.70. The second-order valence-corrected chi connectivity index (χ2v) is 11.0. The second-order valence-electron chi connectivity index (χ2n) is 11.0. The summed E-state index contributed by atoms with van der Waals surface area (Å²) in [6.07, 6.45) is 12.2. The van der Waals surface area contributed by atoms with Crippen LogP contribution in [0.15, 0.2) is 46.6 Å². The summed E-state index contributed by atoms with van der Waals surface area (Å²) in [5, 5.41) is 0. The Balaban J connectivity index is 1.67. The van der Waals surface area contributed by atoms with Crippen molar-refractivity contribution < 1.29 is 19.1 Å². The van der Waals surface area contributed by atoms with Crippen LogP contribution >= 0.6 is 0 Å². The van der Waals surface area contributed by atoms with Gasteiger partial charge in [0.05, 0.1) is 17.9 Å². The van der Waals surface area contributed by atoms with Gasteiger partial charge in [-0.05, 0) is 73.7 Å². The first-order valence-corrected chi connectivity index (χ1v) is 11.7. The molecule has 1 spiro atoms. The SMILES string of the molecule is CC(C)COC(=O)[C@@H]1CC2=CC(=O)C=CC2(C)C2=C1C1=CC[C@@]3(C)CCC(=O)C13CC2. The standard InChI is InChI=1S/C27H32O4/c1-16(2)15-31-24(30)19-14-17-13-18(28)5-11-26(17,4)20-7-12-27-21(23(19)20)6-9-25(27,3)10-8-22(27)29/h5-6,11,13,16,19H,7-10,12,14-15H2,1-4H3/t19-,25+,26?,27?/m1/s1. The van der Waals surface area contributed by atoms with E-state index in [1.807, 2.05) is 19.9 Å². The molecule has 164 valence electrons. The summed E-state index contributed by atoms with van der Waals surface area (Å²) in [5.41, 5.74) is 3.52. The third-order valence-electron chi connectivity index (χ3n) is 8.80. The smallest absolute Gasteiger partial charge is 0.313 e. The fraction of sp³-hybridized carbons (Fsp3) is 0.593. The summed E-state index contributed by atoms with van der Waals surface area (Å²) in [5.74, 6) is -0.0698. The van der Waals surface area contributed by atoms with E-state index in [1.165, 1.54) is 5.57 Å². The molecule has 1 fully saturated rings. The Kier molecular flexibility index (Phi) is 4.42. The van der Waals surface area contributed by atoms with E-state index in [-0.39, 0.29) is 28.5 Å². The van der Waals surface area contributed by atoms with Gasteiger partial charge in [-0.2, -0.15) is 0 Å². The molecule has 4 nitrogen and oxygen atoms in total. The molecular weight excluding hydrogens is 388 g/mol. The molecule has 0 amide bonds. The predicted octanol–water partition coefficient (Wildman–Crippen LogP) is 5.05. The lowest BCUT2D eigenvalue weighted by molar-refractivity contribution is -0.148. The van der Waals surface area contributed by atoms with Crippen molar-refractivity contribution in [3.05, 3.63) is 46.6 Å². The molecule has 4 atom stereocenters. The zero-order chi connectivity index (χ0) is 22.2. The van der Waals surface area contributed by atoms with E-state index < -0.39 is 11.3 Å². The maximum atomic E-state index is 13.4. The third-order valence-corrected chi connectivity index (χ3v) is 8.80. The van der Waals surface area contributed by atoms with E-state index in [0.717, 1.165) is 42.4 Å². The van der Waals surface area contributed by atoms with Crippen molar-refractivity contribution in [1.29, 1.82) is 0 Å². The molecule has 0 aliphatic heterocycles. The van der Waals surface area contributed by atoms with E-state index >= 15 is 0 Å². The molecule has 5 aliphatic carbocycles. The molecule has 0 N–H and O–H groups in total. The molecule has 4 heteroatoms. The topological polar surface area (TPSA) is 60.4 Å². The molecule has 0 aromatic heterocycles. The van der Waals surface area contributed by atoms with Crippen molar-refractivity contribution in [2.24, 2.45) is 28.1 Å². The van der Waals surface area contributed by atoms with E-state index in [9.17, 15) is 14.4 Å². The summed E-state index contributed by atoms with van der Waals surface area (Å²) in [4.78, 5) is 38.9. The summed E-state index contributed by atoms with van der Waals surface area (Å²) in [7, 11) is 0. The molecule has 31 heavy (non-hydrogen) atoms. The number of carbonyl (C=O) groups excluding carboxylic acids is 3. The van der Waals surface area contributed by atoms with Crippen molar-refractivity contribution in [2.45, 2.75) is 66.2 Å². The quantitative estimate of drug-likeness (QED) is 0.599. The Labute approximate surface area is 184 Å². The summed E-state index contributed by atoms with van der Waals surface area (Å²) < 4.78 is 5.73. The highest BCUT2D eigenvalue weighted by atomic mass is 16.5. The molecule has 5 aliphatic rings. The largest absolute Gasteiger partial charge is 0.465 e. The number of Topliss-reactive ketones (excluding diaryl/α,β-unsaturated/α-hetero) is 1. The van der Waals surface area contributed by atoms with E-state index in [1.54, 1.807) is 12.2 Å². The predicted molar refractivity (Wildman–Crippen MR) is 118 cm³/mol. The first-order chi connectivity index (χ1) is 14.6. The Morgan fingerprint density at radius 3 is 2.71 bits per heavy atom. The van der Waals surface area contributed by atoms with E-state index in [0.29, 0.717) is 25.2 Å². The van der Waals surface area contributed by atoms with Gasteiger partial charge in [-0.3, -0.25) is 14.4 Å². The van der Waals surface area contributed by atoms with Gasteiger partial charge in [0, 0.05) is 11.8 Å². The zero-order valence-electron chi connectivity index (χ0n) is 19.0. The Morgan fingerprint density at radius 2 is 1.97 bits per heavy atom. The van der Waals surface area contributed by atoms with Crippen molar-refractivity contribution in [2.75, 3.05) is 6.61 Å². The van der Waals surface area contributed by atoms with Crippen molar-refractivity contribution in [3.8, 4) is 0 Å². The number of hydrogen-bond acceptors (Lipinski definition) is 4. The number of esters is 1. The molecule has 0 saturated heterocycles. The molecule has 0 aromatic carbocycles. The molecule has 5 rings (SSSR count). The van der Waals surface area contributed by atoms with Crippen LogP contribution < -0.4 is 0 Å². The van der Waals surface area contributed by atoms with Gasteiger partial charge >= 0.3 is 5.97 Å². The highest BCUT2D eigenvalue weighted by molar-refractivity contribution is 6.02. The first kappa shape index (κ1) is 20.7. The van der Waals surface area contributed by atoms with E-state index in [4.69, 9.17) is 4.74 Å². The molecular formula is C27H32O4. The minimum atomic E-state index is -0.450. The molecule has 2 unspecified atom stereocenters. The fourth-order valence-electron chi connectivity index (χ4n) is 7.03. The Hall–Kier alpha value is -2.23. The van der Waals surface area contributed by atoms with Gasteiger partial charge in [-0.15, -0.1) is 0 Å². The van der Waals surface area contributed by atoms with Crippen molar-refractivity contribution in [3.63, 3.8) is 0 Å². The summed E-state index contributed by atoms with van der Waals surface area (Å²) in [6, 6.07) is 0. The number of ether oxygens (including phenoxy) is 1. The van der Waals surface area contributed by atoms with Crippen LogP contribution in [0, 0.1) is 28.1 Å². The van der Waals surface area contributed by atoms with E-state index in [2.05, 4.69) is 19.9 Å². The molecule has 0 bridgehead atoms. The lowest BCUT2D eigenvalue weighted by Gasteiger charge is -2.51. The maximum Gasteiger partial charge on any atom is 0.313 e. The lowest BCUT2D eigenvalue weighted by atomic mass is 9.51. The zero-order valence-corrected chi connectivity index (χ0v) is 19.0. The van der Waals surface area contributed by atoms with Crippen LogP contribution in [0.4, 0.5) is 0 Å². The van der Waals surface area contributed by atoms with Gasteiger partial charge in [0.2, 0.25) is 0 Å². The summed E-state index contributed by atoms with van der Waals surface area (Å²) in [6.45, 7) is 8.86. The lowest BCUT2D eigenvalue weighted by Crippen LogP contribution is -2.46. The fourth-order valence-corrected chi connectivity index (χ4v) is 7.03. The van der Waals surface area contributed by atoms with Gasteiger partial charge in [-0.25, -0.2) is 0 Å². The van der Waals surface area contributed by atoms with Gasteiger partial charge in [0.15, 0.2) is 5.78 Å². The van der Waals surface area contributed by atoms with Crippen LogP contribution in [0.5, 0.6) is 0 Å². The molecule has 0 radical (unpaired) electrons. The molecule has 0 heterocycles. The van der Waals surface area contributed by atoms with Crippen LogP contribution in [0.1, 0.15) is 66.2 Å². The Bertz CT molecular complexity index is 1020. The monoisotopic (exact) mass is 420 g/mol. The second kappa shape index (κ2) is 6.63. The highest BCUT2D eigenvalue weighted by Gasteiger charge is 2.65. The normalized spacial score (nSPS) is 38.4. The molecule has 1 saturated carbocycles. The van der Waals surface area contributed by atoms with Crippen LogP contribution in [0.2, 0.25) is 0 Å². The number of rotatable bonds is 3. The average Bonchev–Trinajstić information content (AvgIpc) is 3.16. The number of allylic oxidation sites excluding steroid dienone is 7. The summed E-state index contributed by atoms with van der Waals surface area (Å²) >= 11 is 0. The van der Waals surface area contributed by atoms with Crippen LogP contribution in [0.3, 0.4) is 0 Å². The van der Waals surface area contributed by atoms with Crippen LogP contribution in [0.25, 0.3) is 0 Å². The average molecular weight is 421 g/mol. The van der Waals surface area contributed by atoms with Gasteiger partial charge in [0.1, 0.15) is 5.78 Å². The minimum Gasteiger partial charge on any atom is -0.465 e. The van der Waals surface area contributed by atoms with Gasteiger partial charge < -0.3 is 4.74 Å². The van der Waals surface area contributed by atoms with Crippen molar-refractivity contribution in [1.82, 2.24) is 0 Å². The number of ketones is 2. The maximum absolute atomic E-state index is 13.4. The minimum absolute atomic E-state index is 0.0169. The van der Waals surface area contributed by atoms with Gasteiger partial charge in [-0.1, -0.05) is 44.1 Å². The van der Waals surface area contributed by atoms with Gasteiger partial charge in [0.25, 0.3) is 0 Å². The third kappa shape index (κ3) is 2.63. The number of fused-ring (bicyclic) bond motifs is 3.